The standard InChI is InChI=1S/C22H36O10/c1-21(22-8-4-2-6-10(22)7-3-5-9-22)19(31)17(29)15(27)13(25)11(23)12(24)14(26)16(28)18(30)20(21)32/h10,13-20,25-32H,2-9H2,1H3. The van der Waals surface area contributed by atoms with Gasteiger partial charge in [-0.3, -0.25) is 9.59 Å². The SMILES string of the molecule is CC1(C23CCCCC2CCCC3)C(O)C(O)C(O)C(O)C(=O)C(=O)C(O)C(O)C(O)C1O. The zero-order valence-electron chi connectivity index (χ0n) is 18.2. The Bertz CT molecular complexity index is 661. The average Bonchev–Trinajstić information content (AvgIpc) is 2.82. The van der Waals surface area contributed by atoms with E-state index in [1.807, 2.05) is 0 Å². The second-order valence-corrected chi connectivity index (χ2v) is 10.1. The monoisotopic (exact) mass is 460 g/mol. The van der Waals surface area contributed by atoms with Gasteiger partial charge in [-0.2, -0.15) is 0 Å². The number of hydrogen-bond acceptors (Lipinski definition) is 10. The lowest BCUT2D eigenvalue weighted by molar-refractivity contribution is -0.251. The van der Waals surface area contributed by atoms with Gasteiger partial charge in [0.25, 0.3) is 0 Å². The molecule has 0 aromatic carbocycles. The molecule has 0 aromatic heterocycles. The summed E-state index contributed by atoms with van der Waals surface area (Å²) in [4.78, 5) is 24.4. The number of carbonyl (C=O) groups excluding carboxylic acids is 2. The first kappa shape index (κ1) is 25.6. The van der Waals surface area contributed by atoms with Crippen LogP contribution in [0.2, 0.25) is 0 Å². The molecule has 184 valence electrons. The molecule has 10 heteroatoms. The van der Waals surface area contributed by atoms with E-state index in [0.29, 0.717) is 12.8 Å². The molecule has 8 atom stereocenters. The molecule has 3 fully saturated rings. The van der Waals surface area contributed by atoms with Crippen molar-refractivity contribution >= 4 is 11.6 Å². The molecule has 8 N–H and O–H groups in total. The molecule has 3 saturated carbocycles. The minimum absolute atomic E-state index is 0.0243. The summed E-state index contributed by atoms with van der Waals surface area (Å²) in [6, 6.07) is 0. The van der Waals surface area contributed by atoms with Crippen molar-refractivity contribution < 1.29 is 50.4 Å². The molecule has 0 saturated heterocycles. The number of aliphatic hydroxyl groups is 8. The van der Waals surface area contributed by atoms with E-state index in [1.54, 1.807) is 0 Å². The van der Waals surface area contributed by atoms with Crippen LogP contribution < -0.4 is 0 Å². The normalized spacial score (nSPS) is 51.6. The highest BCUT2D eigenvalue weighted by Gasteiger charge is 2.64. The first-order valence-corrected chi connectivity index (χ1v) is 11.4. The van der Waals surface area contributed by atoms with E-state index < -0.39 is 71.2 Å². The van der Waals surface area contributed by atoms with Crippen LogP contribution in [0.5, 0.6) is 0 Å². The fourth-order valence-electron chi connectivity index (χ4n) is 6.69. The fraction of sp³-hybridized carbons (Fsp3) is 0.909. The van der Waals surface area contributed by atoms with E-state index in [9.17, 15) is 50.4 Å². The molecule has 0 heterocycles. The largest absolute Gasteiger partial charge is 0.390 e. The van der Waals surface area contributed by atoms with Gasteiger partial charge < -0.3 is 40.9 Å². The van der Waals surface area contributed by atoms with Crippen molar-refractivity contribution in [1.29, 1.82) is 0 Å². The van der Waals surface area contributed by atoms with Crippen LogP contribution >= 0.6 is 0 Å². The number of hydrogen-bond donors (Lipinski definition) is 8. The van der Waals surface area contributed by atoms with Gasteiger partial charge in [-0.1, -0.05) is 32.6 Å². The van der Waals surface area contributed by atoms with Crippen molar-refractivity contribution in [3.05, 3.63) is 0 Å². The summed E-state index contributed by atoms with van der Waals surface area (Å²) in [6.07, 6.45) is -11.6. The summed E-state index contributed by atoms with van der Waals surface area (Å²) in [5.41, 5.74) is -2.50. The Morgan fingerprint density at radius 3 is 1.38 bits per heavy atom. The summed E-state index contributed by atoms with van der Waals surface area (Å²) >= 11 is 0. The smallest absolute Gasteiger partial charge is 0.232 e. The average molecular weight is 461 g/mol. The predicted molar refractivity (Wildman–Crippen MR) is 109 cm³/mol. The minimum Gasteiger partial charge on any atom is -0.390 e. The molecular weight excluding hydrogens is 424 g/mol. The second-order valence-electron chi connectivity index (χ2n) is 10.1. The number of rotatable bonds is 1. The van der Waals surface area contributed by atoms with Crippen LogP contribution in [-0.2, 0) is 9.59 Å². The van der Waals surface area contributed by atoms with E-state index in [1.165, 1.54) is 6.92 Å². The summed E-state index contributed by atoms with van der Waals surface area (Å²) in [6.45, 7) is 1.46. The molecule has 3 aliphatic carbocycles. The first-order chi connectivity index (χ1) is 14.9. The van der Waals surface area contributed by atoms with Crippen LogP contribution in [0.1, 0.15) is 58.3 Å². The third kappa shape index (κ3) is 3.74. The molecule has 0 radical (unpaired) electrons. The van der Waals surface area contributed by atoms with Gasteiger partial charge in [-0.25, -0.2) is 0 Å². The zero-order valence-corrected chi connectivity index (χ0v) is 18.2. The zero-order chi connectivity index (χ0) is 24.0. The Labute approximate surface area is 186 Å². The van der Waals surface area contributed by atoms with Crippen molar-refractivity contribution in [3.8, 4) is 0 Å². The first-order valence-electron chi connectivity index (χ1n) is 11.4. The maximum atomic E-state index is 12.2. The van der Waals surface area contributed by atoms with Crippen molar-refractivity contribution in [2.24, 2.45) is 16.7 Å². The van der Waals surface area contributed by atoms with Crippen LogP contribution in [0.25, 0.3) is 0 Å². The topological polar surface area (TPSA) is 196 Å². The maximum absolute atomic E-state index is 12.2. The van der Waals surface area contributed by atoms with E-state index in [4.69, 9.17) is 0 Å². The van der Waals surface area contributed by atoms with Gasteiger partial charge in [0.2, 0.25) is 11.6 Å². The third-order valence-electron chi connectivity index (χ3n) is 8.71. The van der Waals surface area contributed by atoms with Crippen LogP contribution in [-0.4, -0.2) is 101 Å². The van der Waals surface area contributed by atoms with Gasteiger partial charge in [0, 0.05) is 5.41 Å². The number of fused-ring (bicyclic) bond motifs is 1. The van der Waals surface area contributed by atoms with E-state index >= 15 is 0 Å². The van der Waals surface area contributed by atoms with Crippen LogP contribution in [0, 0.1) is 16.7 Å². The highest BCUT2D eigenvalue weighted by molar-refractivity contribution is 6.40. The summed E-state index contributed by atoms with van der Waals surface area (Å²) in [5, 5.41) is 85.4. The van der Waals surface area contributed by atoms with Crippen molar-refractivity contribution in [3.63, 3.8) is 0 Å². The molecule has 0 aliphatic heterocycles. The van der Waals surface area contributed by atoms with Crippen molar-refractivity contribution in [2.75, 3.05) is 0 Å². The molecule has 3 rings (SSSR count). The van der Waals surface area contributed by atoms with Gasteiger partial charge in [0.05, 0.1) is 12.2 Å². The summed E-state index contributed by atoms with van der Waals surface area (Å²) in [7, 11) is 0. The second kappa shape index (κ2) is 9.34. The predicted octanol–water partition coefficient (Wildman–Crippen LogP) is -2.22. The molecule has 0 amide bonds. The Kier molecular flexibility index (Phi) is 7.49. The Morgan fingerprint density at radius 1 is 0.625 bits per heavy atom. The van der Waals surface area contributed by atoms with E-state index in [-0.39, 0.29) is 5.92 Å². The summed E-state index contributed by atoms with van der Waals surface area (Å²) in [5.74, 6) is -3.35. The number of Topliss-reactive ketones (excluding diaryl/α,β-unsaturated/α-hetero) is 2. The molecular formula is C22H36O10. The molecule has 0 aromatic rings. The van der Waals surface area contributed by atoms with Gasteiger partial charge >= 0.3 is 0 Å². The Hall–Kier alpha value is -0.980. The number of carbonyl (C=O) groups is 2. The lowest BCUT2D eigenvalue weighted by Crippen LogP contribution is -2.67. The van der Waals surface area contributed by atoms with Gasteiger partial charge in [-0.05, 0) is 37.0 Å². The van der Waals surface area contributed by atoms with E-state index in [0.717, 1.165) is 38.5 Å². The molecule has 3 aliphatic rings. The van der Waals surface area contributed by atoms with Crippen LogP contribution in [0.15, 0.2) is 0 Å². The quantitative estimate of drug-likeness (QED) is 0.199. The Balaban J connectivity index is 2.18. The lowest BCUT2D eigenvalue weighted by Gasteiger charge is -2.62. The lowest BCUT2D eigenvalue weighted by atomic mass is 9.44. The molecule has 8 unspecified atom stereocenters. The van der Waals surface area contributed by atoms with E-state index in [2.05, 4.69) is 0 Å². The third-order valence-corrected chi connectivity index (χ3v) is 8.71. The van der Waals surface area contributed by atoms with Crippen LogP contribution in [0.3, 0.4) is 0 Å². The number of aliphatic hydroxyl groups excluding tert-OH is 8. The fourth-order valence-corrected chi connectivity index (χ4v) is 6.69. The van der Waals surface area contributed by atoms with Gasteiger partial charge in [0.1, 0.15) is 36.6 Å². The van der Waals surface area contributed by atoms with Crippen molar-refractivity contribution in [1.82, 2.24) is 0 Å². The maximum Gasteiger partial charge on any atom is 0.232 e. The number of ketones is 2. The minimum atomic E-state index is -2.48. The summed E-state index contributed by atoms with van der Waals surface area (Å²) < 4.78 is 0. The Morgan fingerprint density at radius 2 is 1.00 bits per heavy atom. The highest BCUT2D eigenvalue weighted by Crippen LogP contribution is 2.63. The molecule has 10 nitrogen and oxygen atoms in total. The van der Waals surface area contributed by atoms with Gasteiger partial charge in [0.15, 0.2) is 0 Å². The molecule has 0 spiro atoms. The highest BCUT2D eigenvalue weighted by atomic mass is 16.4. The van der Waals surface area contributed by atoms with Crippen molar-refractivity contribution in [2.45, 2.75) is 107 Å². The molecule has 0 bridgehead atoms. The van der Waals surface area contributed by atoms with Crippen LogP contribution in [0.4, 0.5) is 0 Å². The van der Waals surface area contributed by atoms with Gasteiger partial charge in [-0.15, -0.1) is 0 Å². The molecule has 32 heavy (non-hydrogen) atoms.